The van der Waals surface area contributed by atoms with Crippen LogP contribution in [0.25, 0.3) is 0 Å². The average Bonchev–Trinajstić information content (AvgIpc) is 3.09. The Balaban J connectivity index is 1.78. The second-order valence-corrected chi connectivity index (χ2v) is 5.46. The third-order valence-electron chi connectivity index (χ3n) is 3.73. The predicted molar refractivity (Wildman–Crippen MR) is 93.1 cm³/mol. The quantitative estimate of drug-likeness (QED) is 0.808. The summed E-state index contributed by atoms with van der Waals surface area (Å²) < 4.78 is 10.6. The van der Waals surface area contributed by atoms with E-state index in [0.717, 1.165) is 24.1 Å². The van der Waals surface area contributed by atoms with E-state index in [9.17, 15) is 4.79 Å². The highest BCUT2D eigenvalue weighted by Gasteiger charge is 2.14. The van der Waals surface area contributed by atoms with E-state index in [1.807, 2.05) is 42.5 Å². The van der Waals surface area contributed by atoms with Crippen LogP contribution in [0.15, 0.2) is 48.5 Å². The van der Waals surface area contributed by atoms with Crippen molar-refractivity contribution in [3.8, 4) is 23.3 Å². The Morgan fingerprint density at radius 3 is 2.71 bits per heavy atom. The maximum absolute atomic E-state index is 12.6. The fourth-order valence-corrected chi connectivity index (χ4v) is 2.44. The van der Waals surface area contributed by atoms with Crippen LogP contribution < -0.4 is 14.4 Å². The van der Waals surface area contributed by atoms with Gasteiger partial charge in [-0.25, -0.2) is 0 Å². The summed E-state index contributed by atoms with van der Waals surface area (Å²) in [5.41, 5.74) is 1.60. The van der Waals surface area contributed by atoms with E-state index in [4.69, 9.17) is 9.47 Å². The van der Waals surface area contributed by atoms with Crippen LogP contribution in [-0.4, -0.2) is 19.2 Å². The highest BCUT2D eigenvalue weighted by molar-refractivity contribution is 6.06. The second-order valence-electron chi connectivity index (χ2n) is 5.46. The molecule has 3 rings (SSSR count). The van der Waals surface area contributed by atoms with E-state index in [2.05, 4.69) is 18.8 Å². The Morgan fingerprint density at radius 1 is 1.12 bits per heavy atom. The lowest BCUT2D eigenvalue weighted by atomic mass is 10.2. The zero-order valence-corrected chi connectivity index (χ0v) is 13.6. The Labute approximate surface area is 142 Å². The number of nitrogens with zero attached hydrogens (tertiary/aromatic N) is 1. The lowest BCUT2D eigenvalue weighted by molar-refractivity contribution is -0.113. The Hall–Kier alpha value is -2.93. The molecule has 2 aromatic rings. The van der Waals surface area contributed by atoms with Crippen LogP contribution >= 0.6 is 0 Å². The van der Waals surface area contributed by atoms with E-state index in [1.54, 1.807) is 11.0 Å². The van der Waals surface area contributed by atoms with Crippen LogP contribution in [0.3, 0.4) is 0 Å². The number of rotatable bonds is 4. The van der Waals surface area contributed by atoms with Gasteiger partial charge in [0.2, 0.25) is 6.79 Å². The minimum atomic E-state index is -0.202. The number of para-hydroxylation sites is 1. The molecule has 24 heavy (non-hydrogen) atoms. The zero-order valence-electron chi connectivity index (χ0n) is 13.6. The number of hydrogen-bond donors (Lipinski definition) is 0. The lowest BCUT2D eigenvalue weighted by Gasteiger charge is -2.19. The number of benzene rings is 2. The molecule has 0 saturated heterocycles. The van der Waals surface area contributed by atoms with Crippen molar-refractivity contribution in [3.05, 3.63) is 54.1 Å². The molecule has 0 bridgehead atoms. The molecule has 0 fully saturated rings. The highest BCUT2D eigenvalue weighted by atomic mass is 16.7. The molecule has 0 unspecified atom stereocenters. The Bertz CT molecular complexity index is 774. The van der Waals surface area contributed by atoms with Crippen molar-refractivity contribution < 1.29 is 14.3 Å². The molecule has 1 amide bonds. The average molecular weight is 321 g/mol. The maximum atomic E-state index is 12.6. The van der Waals surface area contributed by atoms with Crippen LogP contribution in [0.4, 0.5) is 5.69 Å². The SMILES string of the molecule is CCCCN(C(=O)C#Cc1ccc2c(c1)OCO2)c1ccccc1. The highest BCUT2D eigenvalue weighted by Crippen LogP contribution is 2.32. The van der Waals surface area contributed by atoms with Crippen molar-refractivity contribution in [1.29, 1.82) is 0 Å². The predicted octanol–water partition coefficient (Wildman–Crippen LogP) is 3.60. The summed E-state index contributed by atoms with van der Waals surface area (Å²) in [4.78, 5) is 14.3. The molecule has 0 aliphatic carbocycles. The summed E-state index contributed by atoms with van der Waals surface area (Å²) in [5, 5.41) is 0. The zero-order chi connectivity index (χ0) is 16.8. The normalized spacial score (nSPS) is 11.5. The van der Waals surface area contributed by atoms with Gasteiger partial charge in [0.15, 0.2) is 11.5 Å². The van der Waals surface area contributed by atoms with E-state index in [1.165, 1.54) is 0 Å². The van der Waals surface area contributed by atoms with Crippen molar-refractivity contribution in [2.45, 2.75) is 19.8 Å². The van der Waals surface area contributed by atoms with Crippen molar-refractivity contribution in [1.82, 2.24) is 0 Å². The molecule has 4 heteroatoms. The van der Waals surface area contributed by atoms with Gasteiger partial charge in [-0.2, -0.15) is 0 Å². The Kier molecular flexibility index (Phi) is 5.02. The summed E-state index contributed by atoms with van der Waals surface area (Å²) in [6.45, 7) is 2.99. The van der Waals surface area contributed by atoms with Crippen LogP contribution in [0.5, 0.6) is 11.5 Å². The standard InChI is InChI=1S/C20H19NO3/c1-2-3-13-21(17-7-5-4-6-8-17)20(22)12-10-16-9-11-18-19(14-16)24-15-23-18/h4-9,11,14H,2-3,13,15H2,1H3. The van der Waals surface area contributed by atoms with Gasteiger partial charge in [-0.3, -0.25) is 4.79 Å². The Morgan fingerprint density at radius 2 is 1.92 bits per heavy atom. The van der Waals surface area contributed by atoms with E-state index < -0.39 is 0 Å². The summed E-state index contributed by atoms with van der Waals surface area (Å²) >= 11 is 0. The van der Waals surface area contributed by atoms with Gasteiger partial charge in [-0.15, -0.1) is 0 Å². The molecule has 2 aromatic carbocycles. The molecule has 0 atom stereocenters. The van der Waals surface area contributed by atoms with E-state index in [0.29, 0.717) is 18.0 Å². The molecule has 0 radical (unpaired) electrons. The lowest BCUT2D eigenvalue weighted by Crippen LogP contribution is -2.30. The van der Waals surface area contributed by atoms with Crippen LogP contribution in [0.2, 0.25) is 0 Å². The first-order chi connectivity index (χ1) is 11.8. The number of fused-ring (bicyclic) bond motifs is 1. The molecule has 0 N–H and O–H groups in total. The summed E-state index contributed by atoms with van der Waals surface area (Å²) in [6.07, 6.45) is 1.96. The molecule has 122 valence electrons. The van der Waals surface area contributed by atoms with Gasteiger partial charge in [0, 0.05) is 23.7 Å². The number of carbonyl (C=O) groups excluding carboxylic acids is 1. The van der Waals surface area contributed by atoms with E-state index >= 15 is 0 Å². The smallest absolute Gasteiger partial charge is 0.303 e. The van der Waals surface area contributed by atoms with Gasteiger partial charge in [0.05, 0.1) is 0 Å². The maximum Gasteiger partial charge on any atom is 0.303 e. The molecule has 1 aliphatic rings. The molecule has 1 heterocycles. The van der Waals surface area contributed by atoms with Crippen molar-refractivity contribution in [2.24, 2.45) is 0 Å². The number of carbonyl (C=O) groups is 1. The van der Waals surface area contributed by atoms with Crippen LogP contribution in [0, 0.1) is 11.8 Å². The van der Waals surface area contributed by atoms with Crippen LogP contribution in [-0.2, 0) is 4.79 Å². The number of anilines is 1. The fraction of sp³-hybridized carbons (Fsp3) is 0.250. The van der Waals surface area contributed by atoms with Crippen molar-refractivity contribution in [2.75, 3.05) is 18.2 Å². The molecule has 0 spiro atoms. The number of ether oxygens (including phenoxy) is 2. The summed E-state index contributed by atoms with van der Waals surface area (Å²) in [5.74, 6) is 6.84. The fourth-order valence-electron chi connectivity index (χ4n) is 2.44. The molecule has 0 aromatic heterocycles. The first-order valence-corrected chi connectivity index (χ1v) is 8.06. The first kappa shape index (κ1) is 15.9. The van der Waals surface area contributed by atoms with Gasteiger partial charge < -0.3 is 14.4 Å². The number of unbranched alkanes of at least 4 members (excludes halogenated alkanes) is 1. The van der Waals surface area contributed by atoms with Gasteiger partial charge in [-0.1, -0.05) is 37.5 Å². The minimum Gasteiger partial charge on any atom is -0.454 e. The molecule has 1 aliphatic heterocycles. The van der Waals surface area contributed by atoms with Gasteiger partial charge in [-0.05, 0) is 36.8 Å². The van der Waals surface area contributed by atoms with Gasteiger partial charge in [0.1, 0.15) is 0 Å². The number of hydrogen-bond acceptors (Lipinski definition) is 3. The molecule has 4 nitrogen and oxygen atoms in total. The molecular weight excluding hydrogens is 302 g/mol. The van der Waals surface area contributed by atoms with E-state index in [-0.39, 0.29) is 12.7 Å². The molecular formula is C20H19NO3. The second kappa shape index (κ2) is 7.56. The summed E-state index contributed by atoms with van der Waals surface area (Å²) in [7, 11) is 0. The number of amides is 1. The third-order valence-corrected chi connectivity index (χ3v) is 3.73. The van der Waals surface area contributed by atoms with Crippen molar-refractivity contribution in [3.63, 3.8) is 0 Å². The first-order valence-electron chi connectivity index (χ1n) is 8.06. The largest absolute Gasteiger partial charge is 0.454 e. The monoisotopic (exact) mass is 321 g/mol. The van der Waals surface area contributed by atoms with Crippen molar-refractivity contribution >= 4 is 11.6 Å². The van der Waals surface area contributed by atoms with Crippen LogP contribution in [0.1, 0.15) is 25.3 Å². The summed E-state index contributed by atoms with van der Waals surface area (Å²) in [6, 6.07) is 15.1. The van der Waals surface area contributed by atoms with Gasteiger partial charge in [0.25, 0.3) is 0 Å². The molecule has 0 saturated carbocycles. The topological polar surface area (TPSA) is 38.8 Å². The third kappa shape index (κ3) is 3.69. The minimum absolute atomic E-state index is 0.202. The van der Waals surface area contributed by atoms with Gasteiger partial charge >= 0.3 is 5.91 Å².